The summed E-state index contributed by atoms with van der Waals surface area (Å²) in [5, 5.41) is 10.5. The van der Waals surface area contributed by atoms with Crippen molar-refractivity contribution in [2.75, 3.05) is 19.8 Å². The summed E-state index contributed by atoms with van der Waals surface area (Å²) in [7, 11) is 0. The number of hydrogen-bond donors (Lipinski definition) is 1. The van der Waals surface area contributed by atoms with E-state index in [2.05, 4.69) is 0 Å². The summed E-state index contributed by atoms with van der Waals surface area (Å²) in [5.74, 6) is 0.468. The Balaban J connectivity index is 1.68. The van der Waals surface area contributed by atoms with Crippen LogP contribution in [-0.4, -0.2) is 41.8 Å². The molecule has 1 aliphatic rings. The molecule has 1 unspecified atom stereocenters. The van der Waals surface area contributed by atoms with E-state index in [-0.39, 0.29) is 24.4 Å². The highest BCUT2D eigenvalue weighted by atomic mass is 35.5. The van der Waals surface area contributed by atoms with Crippen LogP contribution in [0.15, 0.2) is 48.5 Å². The van der Waals surface area contributed by atoms with Crippen molar-refractivity contribution in [3.8, 4) is 11.5 Å². The van der Waals surface area contributed by atoms with Crippen LogP contribution in [0.2, 0.25) is 5.02 Å². The number of para-hydroxylation sites is 2. The third-order valence-corrected chi connectivity index (χ3v) is 4.65. The molecule has 138 valence electrons. The molecule has 2 aromatic carbocycles. The van der Waals surface area contributed by atoms with Gasteiger partial charge in [-0.3, -0.25) is 4.79 Å². The molecule has 1 amide bonds. The van der Waals surface area contributed by atoms with E-state index in [0.29, 0.717) is 29.4 Å². The van der Waals surface area contributed by atoms with Crippen molar-refractivity contribution in [3.05, 3.63) is 59.1 Å². The van der Waals surface area contributed by atoms with E-state index >= 15 is 0 Å². The van der Waals surface area contributed by atoms with Gasteiger partial charge >= 0.3 is 0 Å². The van der Waals surface area contributed by atoms with E-state index in [0.717, 1.165) is 19.4 Å². The van der Waals surface area contributed by atoms with Crippen molar-refractivity contribution in [1.82, 2.24) is 4.90 Å². The van der Waals surface area contributed by atoms with Gasteiger partial charge in [0.25, 0.3) is 5.91 Å². The number of benzene rings is 2. The smallest absolute Gasteiger partial charge is 0.260 e. The number of ether oxygens (including phenoxy) is 2. The zero-order chi connectivity index (χ0) is 18.4. The Morgan fingerprint density at radius 3 is 2.73 bits per heavy atom. The minimum atomic E-state index is -0.177. The second-order valence-corrected chi connectivity index (χ2v) is 6.66. The second-order valence-electron chi connectivity index (χ2n) is 6.26. The Labute approximate surface area is 158 Å². The maximum Gasteiger partial charge on any atom is 0.260 e. The third kappa shape index (κ3) is 4.90. The molecule has 0 saturated carbocycles. The van der Waals surface area contributed by atoms with Gasteiger partial charge in [-0.2, -0.15) is 0 Å². The van der Waals surface area contributed by atoms with E-state index in [9.17, 15) is 9.90 Å². The summed E-state index contributed by atoms with van der Waals surface area (Å²) in [4.78, 5) is 14.4. The van der Waals surface area contributed by atoms with E-state index in [1.54, 1.807) is 47.4 Å². The summed E-state index contributed by atoms with van der Waals surface area (Å²) in [6.07, 6.45) is 1.94. The van der Waals surface area contributed by atoms with E-state index < -0.39 is 0 Å². The summed E-state index contributed by atoms with van der Waals surface area (Å²) in [5.41, 5.74) is 0.691. The number of carbonyl (C=O) groups is 1. The fourth-order valence-electron chi connectivity index (χ4n) is 2.93. The van der Waals surface area contributed by atoms with Gasteiger partial charge in [0.05, 0.1) is 11.1 Å². The molecular weight excluding hydrogens is 354 g/mol. The Morgan fingerprint density at radius 1 is 1.23 bits per heavy atom. The molecule has 1 aliphatic heterocycles. The standard InChI is InChI=1S/C20H22ClNO4/c21-17-8-2-4-10-19(17)26-14-20(24)22(13-16-7-5-11-25-16)12-15-6-1-3-9-18(15)23/h1-4,6,8-10,16,23H,5,7,11-14H2. The first-order valence-corrected chi connectivity index (χ1v) is 9.05. The number of phenolic OH excluding ortho intramolecular Hbond substituents is 1. The van der Waals surface area contributed by atoms with Crippen molar-refractivity contribution >= 4 is 17.5 Å². The predicted molar refractivity (Wildman–Crippen MR) is 99.4 cm³/mol. The number of halogens is 1. The van der Waals surface area contributed by atoms with Crippen LogP contribution >= 0.6 is 11.6 Å². The van der Waals surface area contributed by atoms with Gasteiger partial charge in [-0.15, -0.1) is 0 Å². The first kappa shape index (κ1) is 18.5. The molecule has 1 saturated heterocycles. The van der Waals surface area contributed by atoms with Crippen LogP contribution in [0.5, 0.6) is 11.5 Å². The number of phenols is 1. The lowest BCUT2D eigenvalue weighted by molar-refractivity contribution is -0.135. The fourth-order valence-corrected chi connectivity index (χ4v) is 3.12. The molecule has 6 heteroatoms. The molecule has 3 rings (SSSR count). The number of hydrogen-bond acceptors (Lipinski definition) is 4. The average molecular weight is 376 g/mol. The van der Waals surface area contributed by atoms with Crippen LogP contribution in [0, 0.1) is 0 Å². The lowest BCUT2D eigenvalue weighted by Crippen LogP contribution is -2.39. The van der Waals surface area contributed by atoms with Crippen LogP contribution in [-0.2, 0) is 16.1 Å². The van der Waals surface area contributed by atoms with Gasteiger partial charge < -0.3 is 19.5 Å². The Morgan fingerprint density at radius 2 is 2.00 bits per heavy atom. The van der Waals surface area contributed by atoms with Crippen molar-refractivity contribution in [2.24, 2.45) is 0 Å². The topological polar surface area (TPSA) is 59.0 Å². The lowest BCUT2D eigenvalue weighted by Gasteiger charge is -2.26. The quantitative estimate of drug-likeness (QED) is 0.802. The van der Waals surface area contributed by atoms with Gasteiger partial charge in [0.15, 0.2) is 6.61 Å². The molecule has 1 fully saturated rings. The molecule has 5 nitrogen and oxygen atoms in total. The molecule has 0 bridgehead atoms. The summed E-state index contributed by atoms with van der Waals surface area (Å²) < 4.78 is 11.3. The SMILES string of the molecule is O=C(COc1ccccc1Cl)N(Cc1ccccc1O)CC1CCCO1. The number of amides is 1. The van der Waals surface area contributed by atoms with Crippen molar-refractivity contribution in [2.45, 2.75) is 25.5 Å². The van der Waals surface area contributed by atoms with E-state index in [1.807, 2.05) is 6.07 Å². The number of carbonyl (C=O) groups excluding carboxylic acids is 1. The zero-order valence-corrected chi connectivity index (χ0v) is 15.2. The normalized spacial score (nSPS) is 16.4. The van der Waals surface area contributed by atoms with Crippen LogP contribution < -0.4 is 4.74 Å². The van der Waals surface area contributed by atoms with E-state index in [4.69, 9.17) is 21.1 Å². The fraction of sp³-hybridized carbons (Fsp3) is 0.350. The minimum absolute atomic E-state index is 0.0186. The molecule has 0 spiro atoms. The summed E-state index contributed by atoms with van der Waals surface area (Å²) >= 11 is 6.07. The van der Waals surface area contributed by atoms with Gasteiger partial charge in [-0.05, 0) is 31.0 Å². The zero-order valence-electron chi connectivity index (χ0n) is 14.4. The third-order valence-electron chi connectivity index (χ3n) is 4.34. The largest absolute Gasteiger partial charge is 0.508 e. The Hall–Kier alpha value is -2.24. The molecular formula is C20H22ClNO4. The number of aromatic hydroxyl groups is 1. The maximum absolute atomic E-state index is 12.8. The number of nitrogens with zero attached hydrogens (tertiary/aromatic N) is 1. The maximum atomic E-state index is 12.8. The van der Waals surface area contributed by atoms with Gasteiger partial charge in [0.2, 0.25) is 0 Å². The minimum Gasteiger partial charge on any atom is -0.508 e. The first-order chi connectivity index (χ1) is 12.6. The highest BCUT2D eigenvalue weighted by molar-refractivity contribution is 6.32. The number of rotatable bonds is 7. The molecule has 26 heavy (non-hydrogen) atoms. The van der Waals surface area contributed by atoms with Gasteiger partial charge in [-0.1, -0.05) is 41.9 Å². The Bertz CT molecular complexity index is 746. The first-order valence-electron chi connectivity index (χ1n) is 8.67. The van der Waals surface area contributed by atoms with E-state index in [1.165, 1.54) is 0 Å². The molecule has 0 aromatic heterocycles. The van der Waals surface area contributed by atoms with Gasteiger partial charge in [-0.25, -0.2) is 0 Å². The van der Waals surface area contributed by atoms with Gasteiger partial charge in [0, 0.05) is 25.3 Å². The predicted octanol–water partition coefficient (Wildman–Crippen LogP) is 3.63. The highest BCUT2D eigenvalue weighted by Gasteiger charge is 2.24. The molecule has 0 aliphatic carbocycles. The van der Waals surface area contributed by atoms with Crippen molar-refractivity contribution in [1.29, 1.82) is 0 Å². The average Bonchev–Trinajstić information content (AvgIpc) is 3.15. The van der Waals surface area contributed by atoms with Gasteiger partial charge in [0.1, 0.15) is 11.5 Å². The molecule has 1 heterocycles. The second kappa shape index (κ2) is 8.92. The van der Waals surface area contributed by atoms with Crippen LogP contribution in [0.25, 0.3) is 0 Å². The lowest BCUT2D eigenvalue weighted by atomic mass is 10.1. The molecule has 0 radical (unpaired) electrons. The summed E-state index contributed by atoms with van der Waals surface area (Å²) in [6, 6.07) is 14.1. The highest BCUT2D eigenvalue weighted by Crippen LogP contribution is 2.24. The molecule has 1 atom stereocenters. The van der Waals surface area contributed by atoms with Crippen molar-refractivity contribution in [3.63, 3.8) is 0 Å². The molecule has 2 aromatic rings. The Kier molecular flexibility index (Phi) is 6.36. The van der Waals surface area contributed by atoms with Crippen molar-refractivity contribution < 1.29 is 19.4 Å². The molecule has 1 N–H and O–H groups in total. The van der Waals surface area contributed by atoms with Crippen LogP contribution in [0.3, 0.4) is 0 Å². The van der Waals surface area contributed by atoms with Crippen LogP contribution in [0.1, 0.15) is 18.4 Å². The summed E-state index contributed by atoms with van der Waals surface area (Å²) in [6.45, 7) is 1.37. The monoisotopic (exact) mass is 375 g/mol. The van der Waals surface area contributed by atoms with Crippen LogP contribution in [0.4, 0.5) is 0 Å².